The van der Waals surface area contributed by atoms with E-state index in [2.05, 4.69) is 10.6 Å². The van der Waals surface area contributed by atoms with Gasteiger partial charge < -0.3 is 10.6 Å². The van der Waals surface area contributed by atoms with Gasteiger partial charge in [-0.1, -0.05) is 17.7 Å². The van der Waals surface area contributed by atoms with Crippen LogP contribution in [-0.4, -0.2) is 18.1 Å². The fraction of sp³-hybridized carbons (Fsp3) is 0.125. The van der Waals surface area contributed by atoms with Crippen molar-refractivity contribution in [1.29, 1.82) is 0 Å². The third-order valence-corrected chi connectivity index (χ3v) is 4.12. The normalized spacial score (nSPS) is 11.1. The quantitative estimate of drug-likeness (QED) is 0.594. The molecule has 0 radical (unpaired) electrons. The van der Waals surface area contributed by atoms with Crippen LogP contribution in [-0.2, 0) is 15.8 Å². The standard InChI is InChI=1S/C16H12ClF3N2O2S/c1-25-11-4-2-3-9(7-11)21-14(23)15(24)22-10-5-6-13(17)12(8-10)16(18,19)20/h2-8H,1H3,(H,21,23)(H,22,24). The van der Waals surface area contributed by atoms with Gasteiger partial charge in [0.15, 0.2) is 0 Å². The van der Waals surface area contributed by atoms with E-state index in [0.717, 1.165) is 11.0 Å². The molecule has 0 fully saturated rings. The molecule has 0 bridgehead atoms. The minimum absolute atomic E-state index is 0.185. The van der Waals surface area contributed by atoms with Gasteiger partial charge in [-0.05, 0) is 42.7 Å². The Balaban J connectivity index is 2.10. The summed E-state index contributed by atoms with van der Waals surface area (Å²) in [6, 6.07) is 9.63. The van der Waals surface area contributed by atoms with E-state index < -0.39 is 28.6 Å². The molecule has 0 unspecified atom stereocenters. The average molecular weight is 389 g/mol. The van der Waals surface area contributed by atoms with Gasteiger partial charge in [0, 0.05) is 16.3 Å². The number of carbonyl (C=O) groups excluding carboxylic acids is 2. The smallest absolute Gasteiger partial charge is 0.318 e. The Hall–Kier alpha value is -2.19. The first-order valence-corrected chi connectivity index (χ1v) is 8.44. The second-order valence-corrected chi connectivity index (χ2v) is 6.12. The number of hydrogen-bond acceptors (Lipinski definition) is 3. The SMILES string of the molecule is CSc1cccc(NC(=O)C(=O)Nc2ccc(Cl)c(C(F)(F)F)c2)c1. The van der Waals surface area contributed by atoms with Gasteiger partial charge in [0.05, 0.1) is 10.6 Å². The van der Waals surface area contributed by atoms with Crippen molar-refractivity contribution in [3.8, 4) is 0 Å². The zero-order chi connectivity index (χ0) is 18.6. The lowest BCUT2D eigenvalue weighted by Crippen LogP contribution is -2.29. The van der Waals surface area contributed by atoms with Gasteiger partial charge in [-0.2, -0.15) is 13.2 Å². The van der Waals surface area contributed by atoms with Crippen molar-refractivity contribution in [3.05, 3.63) is 53.1 Å². The maximum atomic E-state index is 12.8. The van der Waals surface area contributed by atoms with Crippen LogP contribution in [0.4, 0.5) is 24.5 Å². The van der Waals surface area contributed by atoms with Crippen LogP contribution < -0.4 is 10.6 Å². The van der Waals surface area contributed by atoms with Crippen molar-refractivity contribution in [2.45, 2.75) is 11.1 Å². The summed E-state index contributed by atoms with van der Waals surface area (Å²) in [6.07, 6.45) is -2.81. The molecule has 0 spiro atoms. The highest BCUT2D eigenvalue weighted by Gasteiger charge is 2.33. The van der Waals surface area contributed by atoms with E-state index >= 15 is 0 Å². The molecule has 4 nitrogen and oxygen atoms in total. The maximum absolute atomic E-state index is 12.8. The molecule has 132 valence electrons. The molecule has 0 saturated heterocycles. The lowest BCUT2D eigenvalue weighted by Gasteiger charge is -2.12. The maximum Gasteiger partial charge on any atom is 0.417 e. The van der Waals surface area contributed by atoms with E-state index in [4.69, 9.17) is 11.6 Å². The molecular weight excluding hydrogens is 377 g/mol. The largest absolute Gasteiger partial charge is 0.417 e. The second kappa shape index (κ2) is 7.79. The molecule has 2 aromatic carbocycles. The average Bonchev–Trinajstić information content (AvgIpc) is 2.55. The van der Waals surface area contributed by atoms with Gasteiger partial charge in [-0.15, -0.1) is 11.8 Å². The molecule has 0 heterocycles. The Morgan fingerprint density at radius 3 is 2.16 bits per heavy atom. The fourth-order valence-electron chi connectivity index (χ4n) is 1.90. The molecule has 2 aromatic rings. The predicted octanol–water partition coefficient (Wildman–Crippen LogP) is 4.66. The number of alkyl halides is 3. The minimum atomic E-state index is -4.67. The molecule has 25 heavy (non-hydrogen) atoms. The Morgan fingerprint density at radius 1 is 1.00 bits per heavy atom. The van der Waals surface area contributed by atoms with E-state index in [0.29, 0.717) is 11.8 Å². The molecular formula is C16H12ClF3N2O2S. The van der Waals surface area contributed by atoms with Crippen LogP contribution in [0, 0.1) is 0 Å². The summed E-state index contributed by atoms with van der Waals surface area (Å²) in [5, 5.41) is 4.00. The van der Waals surface area contributed by atoms with E-state index in [-0.39, 0.29) is 5.69 Å². The van der Waals surface area contributed by atoms with Crippen LogP contribution in [0.5, 0.6) is 0 Å². The third kappa shape index (κ3) is 5.14. The molecule has 9 heteroatoms. The van der Waals surface area contributed by atoms with Gasteiger partial charge in [-0.25, -0.2) is 0 Å². The van der Waals surface area contributed by atoms with E-state index in [1.54, 1.807) is 18.2 Å². The predicted molar refractivity (Wildman–Crippen MR) is 91.9 cm³/mol. The zero-order valence-corrected chi connectivity index (χ0v) is 14.4. The number of thioether (sulfide) groups is 1. The number of halogens is 4. The van der Waals surface area contributed by atoms with E-state index in [1.807, 2.05) is 12.3 Å². The summed E-state index contributed by atoms with van der Waals surface area (Å²) in [5.41, 5.74) is -0.881. The summed E-state index contributed by atoms with van der Waals surface area (Å²) in [7, 11) is 0. The molecule has 0 aliphatic carbocycles. The summed E-state index contributed by atoms with van der Waals surface area (Å²) in [6.45, 7) is 0. The summed E-state index contributed by atoms with van der Waals surface area (Å²) in [4.78, 5) is 24.6. The Morgan fingerprint density at radius 2 is 1.60 bits per heavy atom. The van der Waals surface area contributed by atoms with Crippen LogP contribution in [0.2, 0.25) is 5.02 Å². The van der Waals surface area contributed by atoms with Crippen LogP contribution in [0.15, 0.2) is 47.4 Å². The molecule has 2 rings (SSSR count). The molecule has 2 amide bonds. The highest BCUT2D eigenvalue weighted by Crippen LogP contribution is 2.36. The Bertz CT molecular complexity index is 812. The van der Waals surface area contributed by atoms with E-state index in [9.17, 15) is 22.8 Å². The summed E-state index contributed by atoms with van der Waals surface area (Å²) in [5.74, 6) is -2.09. The molecule has 0 atom stereocenters. The van der Waals surface area contributed by atoms with Gasteiger partial charge in [-0.3, -0.25) is 9.59 Å². The third-order valence-electron chi connectivity index (χ3n) is 3.06. The Labute approximate surface area is 150 Å². The van der Waals surface area contributed by atoms with Crippen molar-refractivity contribution >= 4 is 46.6 Å². The fourth-order valence-corrected chi connectivity index (χ4v) is 2.58. The van der Waals surface area contributed by atoms with Crippen molar-refractivity contribution in [2.75, 3.05) is 16.9 Å². The second-order valence-electron chi connectivity index (χ2n) is 4.83. The van der Waals surface area contributed by atoms with E-state index in [1.165, 1.54) is 17.8 Å². The minimum Gasteiger partial charge on any atom is -0.318 e. The van der Waals surface area contributed by atoms with Crippen molar-refractivity contribution < 1.29 is 22.8 Å². The Kier molecular flexibility index (Phi) is 5.97. The molecule has 0 aromatic heterocycles. The molecule has 0 saturated carbocycles. The zero-order valence-electron chi connectivity index (χ0n) is 12.8. The van der Waals surface area contributed by atoms with Crippen LogP contribution in [0.25, 0.3) is 0 Å². The highest BCUT2D eigenvalue weighted by atomic mass is 35.5. The first-order chi connectivity index (χ1) is 11.7. The topological polar surface area (TPSA) is 58.2 Å². The van der Waals surface area contributed by atoms with Gasteiger partial charge in [0.25, 0.3) is 0 Å². The van der Waals surface area contributed by atoms with Crippen LogP contribution >= 0.6 is 23.4 Å². The number of carbonyl (C=O) groups is 2. The van der Waals surface area contributed by atoms with Gasteiger partial charge >= 0.3 is 18.0 Å². The number of rotatable bonds is 3. The molecule has 2 N–H and O–H groups in total. The number of hydrogen-bond donors (Lipinski definition) is 2. The van der Waals surface area contributed by atoms with Gasteiger partial charge in [0.1, 0.15) is 0 Å². The number of anilines is 2. The van der Waals surface area contributed by atoms with Crippen LogP contribution in [0.3, 0.4) is 0 Å². The first kappa shape index (κ1) is 19.1. The highest BCUT2D eigenvalue weighted by molar-refractivity contribution is 7.98. The van der Waals surface area contributed by atoms with Gasteiger partial charge in [0.2, 0.25) is 0 Å². The van der Waals surface area contributed by atoms with Crippen molar-refractivity contribution in [3.63, 3.8) is 0 Å². The van der Waals surface area contributed by atoms with Crippen molar-refractivity contribution in [2.24, 2.45) is 0 Å². The summed E-state index contributed by atoms with van der Waals surface area (Å²) < 4.78 is 38.4. The number of amides is 2. The number of nitrogens with one attached hydrogen (secondary N) is 2. The molecule has 0 aliphatic heterocycles. The first-order valence-electron chi connectivity index (χ1n) is 6.84. The number of benzene rings is 2. The molecule has 0 aliphatic rings. The monoisotopic (exact) mass is 388 g/mol. The lowest BCUT2D eigenvalue weighted by atomic mass is 10.2. The summed E-state index contributed by atoms with van der Waals surface area (Å²) >= 11 is 6.96. The lowest BCUT2D eigenvalue weighted by molar-refractivity contribution is -0.137. The van der Waals surface area contributed by atoms with Crippen molar-refractivity contribution in [1.82, 2.24) is 0 Å². The van der Waals surface area contributed by atoms with Crippen LogP contribution in [0.1, 0.15) is 5.56 Å².